The number of likely N-dealkylation sites (tertiary alicyclic amines) is 1. The number of anilines is 1. The van der Waals surface area contributed by atoms with E-state index in [2.05, 4.69) is 17.2 Å². The molecule has 1 aliphatic rings. The minimum absolute atomic E-state index is 0.0843. The van der Waals surface area contributed by atoms with Crippen molar-refractivity contribution in [3.63, 3.8) is 0 Å². The van der Waals surface area contributed by atoms with E-state index >= 15 is 0 Å². The molecule has 116 valence electrons. The number of hydrogen-bond acceptors (Lipinski definition) is 4. The van der Waals surface area contributed by atoms with Crippen LogP contribution in [0.25, 0.3) is 0 Å². The second kappa shape index (κ2) is 7.09. The normalized spacial score (nSPS) is 22.2. The Kier molecular flexibility index (Phi) is 5.42. The molecule has 2 unspecified atom stereocenters. The third-order valence-corrected chi connectivity index (χ3v) is 4.09. The number of nitrogens with one attached hydrogen (secondary N) is 1. The number of halogens is 1. The molecule has 1 aliphatic heterocycles. The quantitative estimate of drug-likeness (QED) is 0.896. The first-order chi connectivity index (χ1) is 10.0. The van der Waals surface area contributed by atoms with Gasteiger partial charge in [-0.25, -0.2) is 4.98 Å². The van der Waals surface area contributed by atoms with Crippen molar-refractivity contribution in [2.45, 2.75) is 32.8 Å². The van der Waals surface area contributed by atoms with Gasteiger partial charge in [-0.2, -0.15) is 0 Å². The highest BCUT2D eigenvalue weighted by molar-refractivity contribution is 6.33. The Morgan fingerprint density at radius 1 is 1.62 bits per heavy atom. The van der Waals surface area contributed by atoms with E-state index in [0.717, 1.165) is 13.0 Å². The molecule has 2 atom stereocenters. The molecule has 0 saturated carbocycles. The molecule has 0 radical (unpaired) electrons. The highest BCUT2D eigenvalue weighted by Gasteiger charge is 2.28. The Bertz CT molecular complexity index is 510. The van der Waals surface area contributed by atoms with Gasteiger partial charge >= 0.3 is 0 Å². The molecule has 2 N–H and O–H groups in total. The zero-order valence-corrected chi connectivity index (χ0v) is 13.2. The van der Waals surface area contributed by atoms with E-state index in [-0.39, 0.29) is 17.9 Å². The standard InChI is InChI=1S/C15H22ClN3O2/c1-3-5-17-14-7-11(12(16)8-18-14)15(21)19-6-4-13(20)10(2)9-19/h7-8,10,13,20H,3-6,9H2,1-2H3,(H,17,18). The Labute approximate surface area is 130 Å². The van der Waals surface area contributed by atoms with E-state index in [0.29, 0.717) is 35.9 Å². The lowest BCUT2D eigenvalue weighted by Gasteiger charge is -2.34. The van der Waals surface area contributed by atoms with E-state index in [9.17, 15) is 9.90 Å². The number of pyridine rings is 1. The summed E-state index contributed by atoms with van der Waals surface area (Å²) in [5, 5.41) is 13.3. The molecule has 5 nitrogen and oxygen atoms in total. The maximum atomic E-state index is 12.6. The van der Waals surface area contributed by atoms with Crippen LogP contribution in [-0.4, -0.2) is 46.6 Å². The van der Waals surface area contributed by atoms with Gasteiger partial charge in [0, 0.05) is 25.8 Å². The van der Waals surface area contributed by atoms with Crippen molar-refractivity contribution in [2.75, 3.05) is 25.0 Å². The summed E-state index contributed by atoms with van der Waals surface area (Å²) in [6.45, 7) is 5.92. The van der Waals surface area contributed by atoms with Gasteiger partial charge in [-0.1, -0.05) is 25.4 Å². The second-order valence-corrected chi connectivity index (χ2v) is 5.97. The fourth-order valence-corrected chi connectivity index (χ4v) is 2.62. The zero-order chi connectivity index (χ0) is 15.4. The molecule has 6 heteroatoms. The monoisotopic (exact) mass is 311 g/mol. The number of hydrogen-bond donors (Lipinski definition) is 2. The van der Waals surface area contributed by atoms with Crippen molar-refractivity contribution in [3.8, 4) is 0 Å². The Hall–Kier alpha value is -1.33. The zero-order valence-electron chi connectivity index (χ0n) is 12.5. The highest BCUT2D eigenvalue weighted by Crippen LogP contribution is 2.23. The fraction of sp³-hybridized carbons (Fsp3) is 0.600. The van der Waals surface area contributed by atoms with Gasteiger partial charge < -0.3 is 15.3 Å². The van der Waals surface area contributed by atoms with Crippen molar-refractivity contribution >= 4 is 23.3 Å². The Balaban J connectivity index is 2.14. The van der Waals surface area contributed by atoms with E-state index in [1.54, 1.807) is 11.0 Å². The number of rotatable bonds is 4. The van der Waals surface area contributed by atoms with Crippen LogP contribution in [0.5, 0.6) is 0 Å². The summed E-state index contributed by atoms with van der Waals surface area (Å²) in [5.41, 5.74) is 0.467. The molecule has 1 aromatic rings. The van der Waals surface area contributed by atoms with Crippen LogP contribution in [0.15, 0.2) is 12.3 Å². The number of carbonyl (C=O) groups excluding carboxylic acids is 1. The van der Waals surface area contributed by atoms with Crippen LogP contribution < -0.4 is 5.32 Å². The first-order valence-corrected chi connectivity index (χ1v) is 7.77. The van der Waals surface area contributed by atoms with E-state index in [1.807, 2.05) is 6.92 Å². The lowest BCUT2D eigenvalue weighted by molar-refractivity contribution is 0.0297. The van der Waals surface area contributed by atoms with Crippen molar-refractivity contribution < 1.29 is 9.90 Å². The van der Waals surface area contributed by atoms with Gasteiger partial charge in [0.25, 0.3) is 5.91 Å². The lowest BCUT2D eigenvalue weighted by Crippen LogP contribution is -2.45. The summed E-state index contributed by atoms with van der Waals surface area (Å²) < 4.78 is 0. The number of carbonyl (C=O) groups is 1. The van der Waals surface area contributed by atoms with Crippen LogP contribution in [0.2, 0.25) is 5.02 Å². The summed E-state index contributed by atoms with van der Waals surface area (Å²) in [6.07, 6.45) is 2.77. The van der Waals surface area contributed by atoms with Crippen LogP contribution in [0.1, 0.15) is 37.0 Å². The third-order valence-electron chi connectivity index (χ3n) is 3.79. The molecule has 0 spiro atoms. The number of amides is 1. The number of nitrogens with zero attached hydrogens (tertiary/aromatic N) is 2. The topological polar surface area (TPSA) is 65.5 Å². The Morgan fingerprint density at radius 2 is 2.38 bits per heavy atom. The molecule has 21 heavy (non-hydrogen) atoms. The number of aromatic nitrogens is 1. The third kappa shape index (κ3) is 3.86. The van der Waals surface area contributed by atoms with Crippen molar-refractivity contribution in [3.05, 3.63) is 22.8 Å². The van der Waals surface area contributed by atoms with Gasteiger partial charge in [0.15, 0.2) is 0 Å². The van der Waals surface area contributed by atoms with Gasteiger partial charge in [-0.05, 0) is 24.8 Å². The van der Waals surface area contributed by atoms with E-state index < -0.39 is 0 Å². The number of aliphatic hydroxyl groups excluding tert-OH is 1. The molecular weight excluding hydrogens is 290 g/mol. The SMILES string of the molecule is CCCNc1cc(C(=O)N2CCC(O)C(C)C2)c(Cl)cn1. The van der Waals surface area contributed by atoms with Crippen LogP contribution in [-0.2, 0) is 0 Å². The van der Waals surface area contributed by atoms with Gasteiger partial charge in [-0.3, -0.25) is 4.79 Å². The van der Waals surface area contributed by atoms with Gasteiger partial charge in [0.1, 0.15) is 5.82 Å². The van der Waals surface area contributed by atoms with Gasteiger partial charge in [0.05, 0.1) is 16.7 Å². The van der Waals surface area contributed by atoms with Crippen molar-refractivity contribution in [1.82, 2.24) is 9.88 Å². The summed E-state index contributed by atoms with van der Waals surface area (Å²) in [7, 11) is 0. The largest absolute Gasteiger partial charge is 0.393 e. The lowest BCUT2D eigenvalue weighted by atomic mass is 9.96. The minimum atomic E-state index is -0.330. The molecule has 0 aromatic carbocycles. The second-order valence-electron chi connectivity index (χ2n) is 5.56. The maximum Gasteiger partial charge on any atom is 0.255 e. The summed E-state index contributed by atoms with van der Waals surface area (Å²) in [5.74, 6) is 0.649. The smallest absolute Gasteiger partial charge is 0.255 e. The maximum absolute atomic E-state index is 12.6. The molecule has 0 aliphatic carbocycles. The molecular formula is C15H22ClN3O2. The van der Waals surface area contributed by atoms with Crippen molar-refractivity contribution in [2.24, 2.45) is 5.92 Å². The molecule has 1 aromatic heterocycles. The van der Waals surface area contributed by atoms with Crippen LogP contribution >= 0.6 is 11.6 Å². The predicted molar refractivity (Wildman–Crippen MR) is 83.7 cm³/mol. The molecule has 1 fully saturated rings. The van der Waals surface area contributed by atoms with Crippen LogP contribution in [0.3, 0.4) is 0 Å². The average Bonchev–Trinajstić information content (AvgIpc) is 2.48. The van der Waals surface area contributed by atoms with E-state index in [1.165, 1.54) is 6.20 Å². The first kappa shape index (κ1) is 16.0. The molecule has 1 amide bonds. The summed E-state index contributed by atoms with van der Waals surface area (Å²) >= 11 is 6.12. The number of aliphatic hydroxyl groups is 1. The molecule has 0 bridgehead atoms. The van der Waals surface area contributed by atoms with Crippen LogP contribution in [0.4, 0.5) is 5.82 Å². The molecule has 2 heterocycles. The molecule has 1 saturated heterocycles. The highest BCUT2D eigenvalue weighted by atomic mass is 35.5. The van der Waals surface area contributed by atoms with Gasteiger partial charge in [0.2, 0.25) is 0 Å². The first-order valence-electron chi connectivity index (χ1n) is 7.39. The molecule has 2 rings (SSSR count). The Morgan fingerprint density at radius 3 is 3.05 bits per heavy atom. The summed E-state index contributed by atoms with van der Waals surface area (Å²) in [4.78, 5) is 18.5. The van der Waals surface area contributed by atoms with Crippen LogP contribution in [0, 0.1) is 5.92 Å². The van der Waals surface area contributed by atoms with E-state index in [4.69, 9.17) is 11.6 Å². The minimum Gasteiger partial charge on any atom is -0.393 e. The summed E-state index contributed by atoms with van der Waals surface area (Å²) in [6, 6.07) is 1.70. The van der Waals surface area contributed by atoms with Crippen molar-refractivity contribution in [1.29, 1.82) is 0 Å². The average molecular weight is 312 g/mol. The van der Waals surface area contributed by atoms with Gasteiger partial charge in [-0.15, -0.1) is 0 Å². The number of piperidine rings is 1. The predicted octanol–water partition coefficient (Wildman–Crippen LogP) is 2.40. The fourth-order valence-electron chi connectivity index (χ4n) is 2.44.